The first kappa shape index (κ1) is 30.2. The Morgan fingerprint density at radius 2 is 1.58 bits per heavy atom. The Bertz CT molecular complexity index is 1640. The molecule has 0 saturated carbocycles. The van der Waals surface area contributed by atoms with Crippen LogP contribution in [0.3, 0.4) is 0 Å². The molecule has 0 spiro atoms. The lowest BCUT2D eigenvalue weighted by molar-refractivity contribution is 0.0903. The highest BCUT2D eigenvalue weighted by Crippen LogP contribution is 2.41. The van der Waals surface area contributed by atoms with Crippen LogP contribution in [-0.4, -0.2) is 29.9 Å². The van der Waals surface area contributed by atoms with Gasteiger partial charge < -0.3 is 10.4 Å². The molecule has 220 valence electrons. The minimum absolute atomic E-state index is 0.0353. The van der Waals surface area contributed by atoms with E-state index in [2.05, 4.69) is 81.5 Å². The van der Waals surface area contributed by atoms with Crippen LogP contribution in [0.2, 0.25) is 0 Å². The summed E-state index contributed by atoms with van der Waals surface area (Å²) in [7, 11) is 0. The molecule has 1 aliphatic carbocycles. The summed E-state index contributed by atoms with van der Waals surface area (Å²) in [5.74, 6) is 0.664. The van der Waals surface area contributed by atoms with Crippen LogP contribution in [0.15, 0.2) is 103 Å². The van der Waals surface area contributed by atoms with E-state index in [1.165, 1.54) is 33.4 Å². The second-order valence-corrected chi connectivity index (χ2v) is 12.0. The lowest BCUT2D eigenvalue weighted by Crippen LogP contribution is -2.27. The molecule has 4 nitrogen and oxygen atoms in total. The Hall–Kier alpha value is -4.28. The zero-order valence-corrected chi connectivity index (χ0v) is 25.6. The minimum Gasteiger partial charge on any atom is -0.388 e. The molecule has 3 unspecified atom stereocenters. The van der Waals surface area contributed by atoms with E-state index in [0.29, 0.717) is 29.5 Å². The van der Waals surface area contributed by atoms with Crippen molar-refractivity contribution in [3.63, 3.8) is 0 Å². The number of Topliss-reactive ketones (excluding diaryl/α,β-unsaturated/α-hetero) is 1. The maximum atomic E-state index is 13.2. The summed E-state index contributed by atoms with van der Waals surface area (Å²) in [5, 5.41) is 12.5. The van der Waals surface area contributed by atoms with E-state index < -0.39 is 6.61 Å². The monoisotopic (exact) mass is 571 g/mol. The van der Waals surface area contributed by atoms with Crippen LogP contribution in [0, 0.1) is 5.92 Å². The van der Waals surface area contributed by atoms with Gasteiger partial charge in [-0.3, -0.25) is 9.59 Å². The summed E-state index contributed by atoms with van der Waals surface area (Å²) in [4.78, 5) is 25.4. The second kappa shape index (κ2) is 13.4. The lowest BCUT2D eigenvalue weighted by atomic mass is 9.80. The van der Waals surface area contributed by atoms with Gasteiger partial charge in [0.1, 0.15) is 6.61 Å². The largest absolute Gasteiger partial charge is 0.388 e. The van der Waals surface area contributed by atoms with Crippen molar-refractivity contribution >= 4 is 17.3 Å². The molecule has 0 bridgehead atoms. The van der Waals surface area contributed by atoms with Crippen molar-refractivity contribution in [2.24, 2.45) is 5.92 Å². The van der Waals surface area contributed by atoms with Gasteiger partial charge in [-0.1, -0.05) is 104 Å². The topological polar surface area (TPSA) is 66.4 Å². The Kier molecular flexibility index (Phi) is 9.37. The van der Waals surface area contributed by atoms with Crippen molar-refractivity contribution in [3.05, 3.63) is 136 Å². The lowest BCUT2D eigenvalue weighted by Gasteiger charge is -2.24. The number of hydrogen-bond donors (Lipinski definition) is 2. The van der Waals surface area contributed by atoms with Gasteiger partial charge in [0, 0.05) is 17.7 Å². The number of aliphatic hydroxyl groups is 1. The summed E-state index contributed by atoms with van der Waals surface area (Å²) in [6.45, 7) is 8.94. The number of carbonyl (C=O) groups excluding carboxylic acids is 2. The van der Waals surface area contributed by atoms with Crippen molar-refractivity contribution < 1.29 is 14.7 Å². The second-order valence-electron chi connectivity index (χ2n) is 12.0. The zero-order chi connectivity index (χ0) is 30.5. The van der Waals surface area contributed by atoms with Crippen LogP contribution < -0.4 is 5.32 Å². The van der Waals surface area contributed by atoms with E-state index >= 15 is 0 Å². The summed E-state index contributed by atoms with van der Waals surface area (Å²) >= 11 is 0. The Morgan fingerprint density at radius 1 is 0.884 bits per heavy atom. The van der Waals surface area contributed by atoms with Crippen molar-refractivity contribution in [2.75, 3.05) is 13.2 Å². The first-order valence-electron chi connectivity index (χ1n) is 15.2. The van der Waals surface area contributed by atoms with Crippen LogP contribution in [0.5, 0.6) is 0 Å². The predicted molar refractivity (Wildman–Crippen MR) is 175 cm³/mol. The molecule has 43 heavy (non-hydrogen) atoms. The maximum Gasteiger partial charge on any atom is 0.251 e. The van der Waals surface area contributed by atoms with Gasteiger partial charge in [-0.15, -0.1) is 0 Å². The Morgan fingerprint density at radius 3 is 2.30 bits per heavy atom. The molecule has 4 heteroatoms. The molecule has 0 aliphatic heterocycles. The third-order valence-corrected chi connectivity index (χ3v) is 9.20. The SMILES string of the molecule is CC1=C(C)c2cc(C(=O)NCC(C)c3ccccc3)ccc2C(C)C(Cc2ccc(-c3ccccc3C(=O)CO)cc2)C1. The van der Waals surface area contributed by atoms with Gasteiger partial charge in [0.2, 0.25) is 0 Å². The van der Waals surface area contributed by atoms with Crippen molar-refractivity contribution in [1.29, 1.82) is 0 Å². The minimum atomic E-state index is -0.498. The van der Waals surface area contributed by atoms with E-state index in [9.17, 15) is 14.7 Å². The fraction of sp³-hybridized carbons (Fsp3) is 0.282. The average molecular weight is 572 g/mol. The summed E-state index contributed by atoms with van der Waals surface area (Å²) in [5.41, 5.74) is 10.6. The smallest absolute Gasteiger partial charge is 0.251 e. The normalized spacial score (nSPS) is 17.1. The third kappa shape index (κ3) is 6.71. The van der Waals surface area contributed by atoms with Gasteiger partial charge in [0.15, 0.2) is 5.78 Å². The molecular formula is C39H41NO3. The van der Waals surface area contributed by atoms with Crippen molar-refractivity contribution in [2.45, 2.75) is 52.4 Å². The van der Waals surface area contributed by atoms with Crippen molar-refractivity contribution in [1.82, 2.24) is 5.32 Å². The van der Waals surface area contributed by atoms with Gasteiger partial charge in [-0.25, -0.2) is 0 Å². The van der Waals surface area contributed by atoms with Crippen LogP contribution in [0.1, 0.15) is 88.9 Å². The number of allylic oxidation sites excluding steroid dienone is 2. The average Bonchev–Trinajstić information content (AvgIpc) is 3.13. The van der Waals surface area contributed by atoms with Crippen LogP contribution in [0.4, 0.5) is 0 Å². The Balaban J connectivity index is 1.32. The number of hydrogen-bond acceptors (Lipinski definition) is 3. The zero-order valence-electron chi connectivity index (χ0n) is 25.6. The molecule has 0 aromatic heterocycles. The summed E-state index contributed by atoms with van der Waals surface area (Å²) in [6, 6.07) is 32.4. The number of ketones is 1. The Labute approximate surface area is 255 Å². The van der Waals surface area contributed by atoms with Gasteiger partial charge in [0.25, 0.3) is 5.91 Å². The highest BCUT2D eigenvalue weighted by molar-refractivity contribution is 6.03. The number of nitrogens with one attached hydrogen (secondary N) is 1. The fourth-order valence-electron chi connectivity index (χ4n) is 6.31. The van der Waals surface area contributed by atoms with Gasteiger partial charge in [-0.05, 0) is 95.5 Å². The number of aliphatic hydroxyl groups excluding tert-OH is 1. The predicted octanol–water partition coefficient (Wildman–Crippen LogP) is 8.22. The summed E-state index contributed by atoms with van der Waals surface area (Å²) in [6.07, 6.45) is 1.93. The fourth-order valence-corrected chi connectivity index (χ4v) is 6.31. The quantitative estimate of drug-likeness (QED) is 0.199. The number of fused-ring (bicyclic) bond motifs is 1. The van der Waals surface area contributed by atoms with Crippen molar-refractivity contribution in [3.8, 4) is 11.1 Å². The first-order valence-corrected chi connectivity index (χ1v) is 15.2. The standard InChI is InChI=1S/C39H41NO3/c1-25-20-33(21-29-14-16-31(17-15-29)35-12-8-9-13-36(35)38(42)24-41)28(4)34-19-18-32(22-37(34)27(25)3)39(43)40-23-26(2)30-10-6-5-7-11-30/h5-19,22,26,28,33,41H,20-21,23-24H2,1-4H3,(H,40,43). The molecule has 1 aliphatic rings. The third-order valence-electron chi connectivity index (χ3n) is 9.20. The van der Waals surface area contributed by atoms with Gasteiger partial charge in [0.05, 0.1) is 0 Å². The number of benzene rings is 4. The van der Waals surface area contributed by atoms with E-state index in [1.54, 1.807) is 6.07 Å². The highest BCUT2D eigenvalue weighted by Gasteiger charge is 2.27. The van der Waals surface area contributed by atoms with Crippen LogP contribution in [-0.2, 0) is 6.42 Å². The molecule has 3 atom stereocenters. The molecule has 5 rings (SSSR count). The summed E-state index contributed by atoms with van der Waals surface area (Å²) < 4.78 is 0. The molecule has 0 heterocycles. The molecule has 4 aromatic rings. The number of amides is 1. The van der Waals surface area contributed by atoms with Crippen LogP contribution in [0.25, 0.3) is 16.7 Å². The van der Waals surface area contributed by atoms with E-state index in [4.69, 9.17) is 0 Å². The highest BCUT2D eigenvalue weighted by atomic mass is 16.3. The molecular weight excluding hydrogens is 530 g/mol. The van der Waals surface area contributed by atoms with E-state index in [0.717, 1.165) is 24.0 Å². The molecule has 4 aromatic carbocycles. The number of rotatable bonds is 9. The first-order chi connectivity index (χ1) is 20.8. The van der Waals surface area contributed by atoms with E-state index in [1.807, 2.05) is 42.5 Å². The van der Waals surface area contributed by atoms with E-state index in [-0.39, 0.29) is 17.6 Å². The van der Waals surface area contributed by atoms with Gasteiger partial charge >= 0.3 is 0 Å². The van der Waals surface area contributed by atoms with Gasteiger partial charge in [-0.2, -0.15) is 0 Å². The molecule has 0 fully saturated rings. The molecule has 0 saturated heterocycles. The van der Waals surface area contributed by atoms with Crippen LogP contribution >= 0.6 is 0 Å². The maximum absolute atomic E-state index is 13.2. The molecule has 0 radical (unpaired) electrons. The molecule has 2 N–H and O–H groups in total. The number of carbonyl (C=O) groups is 2. The molecule has 1 amide bonds.